The lowest BCUT2D eigenvalue weighted by atomic mass is 10.1. The Labute approximate surface area is 142 Å². The molecule has 0 saturated carbocycles. The zero-order chi connectivity index (χ0) is 18.5. The van der Waals surface area contributed by atoms with Crippen molar-refractivity contribution in [2.45, 2.75) is 69.8 Å². The molecular formula is C16H28N2O5Si. The van der Waals surface area contributed by atoms with Crippen LogP contribution in [0.5, 0.6) is 0 Å². The topological polar surface area (TPSA) is 105 Å². The van der Waals surface area contributed by atoms with Crippen LogP contribution in [0.2, 0.25) is 18.1 Å². The predicted molar refractivity (Wildman–Crippen MR) is 93.8 cm³/mol. The Balaban J connectivity index is 2.49. The van der Waals surface area contributed by atoms with Gasteiger partial charge in [0.2, 0.25) is 0 Å². The number of aromatic nitrogens is 2. The summed E-state index contributed by atoms with van der Waals surface area (Å²) < 4.78 is 7.14. The van der Waals surface area contributed by atoms with Crippen molar-refractivity contribution in [1.82, 2.24) is 9.55 Å². The number of rotatable bonds is 3. The Hall–Kier alpha value is -1.22. The van der Waals surface area contributed by atoms with Crippen LogP contribution in [0.15, 0.2) is 15.8 Å². The summed E-state index contributed by atoms with van der Waals surface area (Å²) in [6.07, 6.45) is 0.171. The first kappa shape index (κ1) is 19.1. The number of hydrogen-bond acceptors (Lipinski definition) is 5. The minimum Gasteiger partial charge on any atom is -0.394 e. The molecule has 1 aliphatic rings. The van der Waals surface area contributed by atoms with Gasteiger partial charge in [-0.25, -0.2) is 4.79 Å². The first-order valence-corrected chi connectivity index (χ1v) is 11.2. The molecule has 0 spiro atoms. The van der Waals surface area contributed by atoms with Crippen molar-refractivity contribution in [3.63, 3.8) is 0 Å². The fraction of sp³-hybridized carbons (Fsp3) is 0.750. The summed E-state index contributed by atoms with van der Waals surface area (Å²) >= 11 is 0. The second kappa shape index (κ2) is 5.94. The molecule has 0 unspecified atom stereocenters. The maximum Gasteiger partial charge on any atom is 0.330 e. The van der Waals surface area contributed by atoms with E-state index in [1.165, 1.54) is 10.8 Å². The summed E-state index contributed by atoms with van der Waals surface area (Å²) in [5, 5.41) is 19.9. The van der Waals surface area contributed by atoms with E-state index in [9.17, 15) is 19.8 Å². The van der Waals surface area contributed by atoms with Gasteiger partial charge in [-0.05, 0) is 12.0 Å². The molecule has 2 rings (SSSR count). The van der Waals surface area contributed by atoms with E-state index < -0.39 is 36.9 Å². The second-order valence-corrected chi connectivity index (χ2v) is 13.9. The van der Waals surface area contributed by atoms with Crippen LogP contribution in [0.3, 0.4) is 0 Å². The molecule has 0 aliphatic carbocycles. The highest BCUT2D eigenvalue weighted by atomic mass is 28.3. The molecule has 0 radical (unpaired) electrons. The number of nitrogens with one attached hydrogen (secondary N) is 1. The largest absolute Gasteiger partial charge is 0.394 e. The zero-order valence-electron chi connectivity index (χ0n) is 15.2. The Bertz CT molecular complexity index is 733. The van der Waals surface area contributed by atoms with Gasteiger partial charge >= 0.3 is 5.69 Å². The summed E-state index contributed by atoms with van der Waals surface area (Å²) in [6, 6.07) is 0. The summed E-state index contributed by atoms with van der Waals surface area (Å²) in [4.78, 5) is 25.9. The van der Waals surface area contributed by atoms with E-state index >= 15 is 0 Å². The molecule has 136 valence electrons. The second-order valence-electron chi connectivity index (χ2n) is 8.24. The fourth-order valence-corrected chi connectivity index (χ4v) is 6.16. The minimum atomic E-state index is -2.31. The van der Waals surface area contributed by atoms with Crippen LogP contribution >= 0.6 is 0 Å². The van der Waals surface area contributed by atoms with E-state index in [1.54, 1.807) is 6.92 Å². The van der Waals surface area contributed by atoms with Gasteiger partial charge < -0.3 is 14.9 Å². The number of nitrogens with zero attached hydrogens (tertiary/aromatic N) is 1. The van der Waals surface area contributed by atoms with Gasteiger partial charge in [-0.2, -0.15) is 0 Å². The molecule has 24 heavy (non-hydrogen) atoms. The van der Waals surface area contributed by atoms with Crippen molar-refractivity contribution in [3.05, 3.63) is 32.6 Å². The minimum absolute atomic E-state index is 0.126. The molecule has 0 bridgehead atoms. The average molecular weight is 356 g/mol. The summed E-state index contributed by atoms with van der Waals surface area (Å²) in [5.41, 5.74) is -0.624. The van der Waals surface area contributed by atoms with Crippen molar-refractivity contribution in [2.24, 2.45) is 0 Å². The third-order valence-electron chi connectivity index (χ3n) is 5.92. The SMILES string of the molecule is Cc1cn([C@H]2C[C@@](O)([Si](C)(C)C(C)(C)C)[C@@H](CO)O2)c(=O)[nH]c1=O. The molecule has 1 aromatic rings. The molecule has 3 atom stereocenters. The summed E-state index contributed by atoms with van der Waals surface area (Å²) in [7, 11) is -2.31. The lowest BCUT2D eigenvalue weighted by Gasteiger charge is -2.49. The Morgan fingerprint density at radius 3 is 2.50 bits per heavy atom. The molecule has 1 aromatic heterocycles. The number of aliphatic hydroxyl groups excluding tert-OH is 1. The van der Waals surface area contributed by atoms with Gasteiger partial charge in [0.1, 0.15) is 12.3 Å². The van der Waals surface area contributed by atoms with Gasteiger partial charge in [0.15, 0.2) is 0 Å². The summed E-state index contributed by atoms with van der Waals surface area (Å²) in [5.74, 6) is 0. The quantitative estimate of drug-likeness (QED) is 0.698. The van der Waals surface area contributed by atoms with Gasteiger partial charge in [-0.15, -0.1) is 0 Å². The highest BCUT2D eigenvalue weighted by Gasteiger charge is 2.61. The number of aryl methyl sites for hydroxylation is 1. The van der Waals surface area contributed by atoms with Gasteiger partial charge in [-0.1, -0.05) is 33.9 Å². The van der Waals surface area contributed by atoms with Crippen LogP contribution in [-0.2, 0) is 4.74 Å². The smallest absolute Gasteiger partial charge is 0.330 e. The van der Waals surface area contributed by atoms with Gasteiger partial charge in [0.25, 0.3) is 5.56 Å². The normalized spacial score (nSPS) is 28.3. The molecule has 8 heteroatoms. The molecule has 2 heterocycles. The van der Waals surface area contributed by atoms with Crippen molar-refractivity contribution < 1.29 is 14.9 Å². The van der Waals surface area contributed by atoms with E-state index in [0.29, 0.717) is 5.56 Å². The van der Waals surface area contributed by atoms with Gasteiger partial charge in [0, 0.05) is 18.2 Å². The molecule has 7 nitrogen and oxygen atoms in total. The highest BCUT2D eigenvalue weighted by Crippen LogP contribution is 2.51. The van der Waals surface area contributed by atoms with Crippen LogP contribution < -0.4 is 11.2 Å². The van der Waals surface area contributed by atoms with Gasteiger partial charge in [0.05, 0.1) is 19.9 Å². The Morgan fingerprint density at radius 2 is 2.00 bits per heavy atom. The average Bonchev–Trinajstić information content (AvgIpc) is 2.80. The van der Waals surface area contributed by atoms with Gasteiger partial charge in [-0.3, -0.25) is 14.3 Å². The third-order valence-corrected chi connectivity index (χ3v) is 12.4. The lowest BCUT2D eigenvalue weighted by Crippen LogP contribution is -2.64. The standard InChI is InChI=1S/C16H28N2O5Si/c1-10-8-18(14(21)17-13(10)20)12-7-16(22,11(9-19)23-12)24(5,6)15(2,3)4/h8,11-12,19,22H,7,9H2,1-6H3,(H,17,20,21)/t11-,12-,16-/m1/s1. The molecule has 1 fully saturated rings. The van der Waals surface area contributed by atoms with E-state index in [2.05, 4.69) is 38.8 Å². The molecule has 0 aromatic carbocycles. The highest BCUT2D eigenvalue weighted by molar-refractivity contribution is 6.83. The predicted octanol–water partition coefficient (Wildman–Crippen LogP) is 0.904. The van der Waals surface area contributed by atoms with Crippen molar-refractivity contribution in [2.75, 3.05) is 6.61 Å². The van der Waals surface area contributed by atoms with E-state index in [0.717, 1.165) is 0 Å². The summed E-state index contributed by atoms with van der Waals surface area (Å²) in [6.45, 7) is 11.7. The first-order valence-electron chi connectivity index (χ1n) is 8.16. The molecule has 1 saturated heterocycles. The van der Waals surface area contributed by atoms with Crippen LogP contribution in [0.4, 0.5) is 0 Å². The van der Waals surface area contributed by atoms with E-state index in [4.69, 9.17) is 4.74 Å². The van der Waals surface area contributed by atoms with Crippen LogP contribution in [-0.4, -0.2) is 45.8 Å². The zero-order valence-corrected chi connectivity index (χ0v) is 16.2. The fourth-order valence-electron chi connectivity index (χ4n) is 3.21. The Morgan fingerprint density at radius 1 is 1.42 bits per heavy atom. The maximum absolute atomic E-state index is 12.1. The maximum atomic E-state index is 12.1. The number of hydrogen-bond donors (Lipinski definition) is 3. The van der Waals surface area contributed by atoms with E-state index in [1.807, 2.05) is 0 Å². The first-order chi connectivity index (χ1) is 10.8. The number of aromatic amines is 1. The molecule has 0 amide bonds. The number of ether oxygens (including phenoxy) is 1. The molecule has 3 N–H and O–H groups in total. The van der Waals surface area contributed by atoms with Crippen LogP contribution in [0.1, 0.15) is 39.0 Å². The number of aliphatic hydroxyl groups is 2. The molecular weight excluding hydrogens is 328 g/mol. The van der Waals surface area contributed by atoms with E-state index in [-0.39, 0.29) is 18.1 Å². The van der Waals surface area contributed by atoms with Crippen LogP contribution in [0.25, 0.3) is 0 Å². The number of H-pyrrole nitrogens is 1. The van der Waals surface area contributed by atoms with Crippen molar-refractivity contribution >= 4 is 8.07 Å². The molecule has 1 aliphatic heterocycles. The van der Waals surface area contributed by atoms with Crippen molar-refractivity contribution in [1.29, 1.82) is 0 Å². The van der Waals surface area contributed by atoms with Crippen molar-refractivity contribution in [3.8, 4) is 0 Å². The monoisotopic (exact) mass is 356 g/mol. The van der Waals surface area contributed by atoms with Crippen LogP contribution in [0, 0.1) is 6.92 Å². The lowest BCUT2D eigenvalue weighted by molar-refractivity contribution is -0.0596. The third kappa shape index (κ3) is 2.81. The Kier molecular flexibility index (Phi) is 4.73.